The van der Waals surface area contributed by atoms with Crippen molar-refractivity contribution in [2.24, 2.45) is 5.92 Å². The van der Waals surface area contributed by atoms with Crippen molar-refractivity contribution in [3.8, 4) is 0 Å². The van der Waals surface area contributed by atoms with Gasteiger partial charge in [0.15, 0.2) is 0 Å². The van der Waals surface area contributed by atoms with Crippen molar-refractivity contribution >= 4 is 11.7 Å². The first-order valence-corrected chi connectivity index (χ1v) is 7.54. The van der Waals surface area contributed by atoms with E-state index in [1.807, 2.05) is 31.1 Å². The van der Waals surface area contributed by atoms with Gasteiger partial charge >= 0.3 is 0 Å². The zero-order valence-electron chi connectivity index (χ0n) is 12.6. The molecular weight excluding hydrogens is 250 g/mol. The maximum atomic E-state index is 11.9. The first-order valence-electron chi connectivity index (χ1n) is 7.54. The molecule has 1 saturated carbocycles. The number of aromatic nitrogens is 1. The predicted octanol–water partition coefficient (Wildman–Crippen LogP) is 2.73. The molecule has 1 aliphatic carbocycles. The zero-order valence-corrected chi connectivity index (χ0v) is 12.6. The van der Waals surface area contributed by atoms with E-state index in [1.165, 1.54) is 25.7 Å². The van der Waals surface area contributed by atoms with Gasteiger partial charge in [0.2, 0.25) is 5.91 Å². The van der Waals surface area contributed by atoms with Crippen LogP contribution < -0.4 is 10.2 Å². The molecule has 1 aromatic rings. The number of hydrogen-bond donors (Lipinski definition) is 1. The zero-order chi connectivity index (χ0) is 14.4. The highest BCUT2D eigenvalue weighted by atomic mass is 16.1. The smallest absolute Gasteiger partial charge is 0.220 e. The van der Waals surface area contributed by atoms with E-state index in [-0.39, 0.29) is 5.91 Å². The van der Waals surface area contributed by atoms with Gasteiger partial charge in [-0.1, -0.05) is 25.7 Å². The Kier molecular flexibility index (Phi) is 5.39. The van der Waals surface area contributed by atoms with E-state index in [1.54, 1.807) is 6.20 Å². The maximum Gasteiger partial charge on any atom is 0.220 e. The van der Waals surface area contributed by atoms with E-state index >= 15 is 0 Å². The fourth-order valence-corrected chi connectivity index (χ4v) is 2.74. The van der Waals surface area contributed by atoms with E-state index < -0.39 is 0 Å². The number of nitrogens with zero attached hydrogens (tertiary/aromatic N) is 2. The molecule has 4 heteroatoms. The van der Waals surface area contributed by atoms with Crippen molar-refractivity contribution in [3.63, 3.8) is 0 Å². The third-order valence-corrected chi connectivity index (χ3v) is 4.01. The molecular formula is C16H25N3O. The molecule has 1 heterocycles. The van der Waals surface area contributed by atoms with Crippen LogP contribution in [0.15, 0.2) is 18.3 Å². The van der Waals surface area contributed by atoms with Crippen LogP contribution >= 0.6 is 0 Å². The summed E-state index contributed by atoms with van der Waals surface area (Å²) in [7, 11) is 3.93. The highest BCUT2D eigenvalue weighted by Gasteiger charge is 2.15. The number of hydrogen-bond acceptors (Lipinski definition) is 3. The highest BCUT2D eigenvalue weighted by Crippen LogP contribution is 2.28. The number of rotatable bonds is 6. The predicted molar refractivity (Wildman–Crippen MR) is 81.6 cm³/mol. The highest BCUT2D eigenvalue weighted by molar-refractivity contribution is 5.75. The van der Waals surface area contributed by atoms with E-state index in [9.17, 15) is 4.79 Å². The summed E-state index contributed by atoms with van der Waals surface area (Å²) in [5, 5.41) is 3.00. The first kappa shape index (κ1) is 14.8. The van der Waals surface area contributed by atoms with Crippen LogP contribution in [0.5, 0.6) is 0 Å². The van der Waals surface area contributed by atoms with Gasteiger partial charge in [0, 0.05) is 33.3 Å². The van der Waals surface area contributed by atoms with Crippen molar-refractivity contribution in [1.29, 1.82) is 0 Å². The van der Waals surface area contributed by atoms with Crippen molar-refractivity contribution in [2.45, 2.75) is 45.1 Å². The van der Waals surface area contributed by atoms with Crippen LogP contribution in [0.4, 0.5) is 5.82 Å². The number of nitrogens with one attached hydrogen (secondary N) is 1. The maximum absolute atomic E-state index is 11.9. The van der Waals surface area contributed by atoms with Gasteiger partial charge < -0.3 is 10.2 Å². The molecule has 4 nitrogen and oxygen atoms in total. The molecule has 0 spiro atoms. The topological polar surface area (TPSA) is 45.2 Å². The van der Waals surface area contributed by atoms with Crippen LogP contribution in [0.25, 0.3) is 0 Å². The molecule has 0 bridgehead atoms. The Morgan fingerprint density at radius 2 is 2.15 bits per heavy atom. The normalized spacial score (nSPS) is 15.3. The molecule has 1 aromatic heterocycles. The van der Waals surface area contributed by atoms with Gasteiger partial charge in [0.05, 0.1) is 0 Å². The Morgan fingerprint density at radius 1 is 1.40 bits per heavy atom. The largest absolute Gasteiger partial charge is 0.363 e. The molecule has 1 fully saturated rings. The van der Waals surface area contributed by atoms with Gasteiger partial charge in [-0.3, -0.25) is 4.79 Å². The second-order valence-electron chi connectivity index (χ2n) is 5.88. The monoisotopic (exact) mass is 275 g/mol. The molecule has 0 unspecified atom stereocenters. The number of pyridine rings is 1. The number of amides is 1. The molecule has 0 saturated heterocycles. The van der Waals surface area contributed by atoms with E-state index in [4.69, 9.17) is 0 Å². The number of carbonyl (C=O) groups is 1. The van der Waals surface area contributed by atoms with Crippen LogP contribution in [0.2, 0.25) is 0 Å². The average molecular weight is 275 g/mol. The summed E-state index contributed by atoms with van der Waals surface area (Å²) in [5.74, 6) is 1.87. The van der Waals surface area contributed by atoms with Gasteiger partial charge in [0.25, 0.3) is 0 Å². The summed E-state index contributed by atoms with van der Waals surface area (Å²) < 4.78 is 0. The second kappa shape index (κ2) is 7.27. The SMILES string of the molecule is CN(C)c1cc(CNC(=O)CCC2CCCC2)ccn1. The van der Waals surface area contributed by atoms with E-state index in [2.05, 4.69) is 10.3 Å². The first-order chi connectivity index (χ1) is 9.65. The lowest BCUT2D eigenvalue weighted by Crippen LogP contribution is -2.23. The molecule has 1 aliphatic rings. The lowest BCUT2D eigenvalue weighted by atomic mass is 10.0. The minimum Gasteiger partial charge on any atom is -0.363 e. The van der Waals surface area contributed by atoms with Crippen molar-refractivity contribution in [2.75, 3.05) is 19.0 Å². The fraction of sp³-hybridized carbons (Fsp3) is 0.625. The van der Waals surface area contributed by atoms with Crippen LogP contribution in [-0.4, -0.2) is 25.0 Å². The standard InChI is InChI=1S/C16H25N3O/c1-19(2)15-11-14(9-10-17-15)12-18-16(20)8-7-13-5-3-4-6-13/h9-11,13H,3-8,12H2,1-2H3,(H,18,20). The summed E-state index contributed by atoms with van der Waals surface area (Å²) >= 11 is 0. The van der Waals surface area contributed by atoms with E-state index in [0.717, 1.165) is 23.7 Å². The molecule has 1 amide bonds. The van der Waals surface area contributed by atoms with E-state index in [0.29, 0.717) is 13.0 Å². The molecule has 1 N–H and O–H groups in total. The van der Waals surface area contributed by atoms with Gasteiger partial charge in [-0.25, -0.2) is 4.98 Å². The minimum absolute atomic E-state index is 0.167. The Hall–Kier alpha value is -1.58. The van der Waals surface area contributed by atoms with Crippen molar-refractivity contribution in [3.05, 3.63) is 23.9 Å². The summed E-state index contributed by atoms with van der Waals surface area (Å²) in [5.41, 5.74) is 1.10. The van der Waals surface area contributed by atoms with Gasteiger partial charge in [-0.2, -0.15) is 0 Å². The summed E-state index contributed by atoms with van der Waals surface area (Å²) in [6.07, 6.45) is 8.80. The van der Waals surface area contributed by atoms with Crippen molar-refractivity contribution in [1.82, 2.24) is 10.3 Å². The average Bonchev–Trinajstić information content (AvgIpc) is 2.96. The van der Waals surface area contributed by atoms with Gasteiger partial charge in [-0.05, 0) is 30.0 Å². The number of carbonyl (C=O) groups excluding carboxylic acids is 1. The molecule has 20 heavy (non-hydrogen) atoms. The van der Waals surface area contributed by atoms with Gasteiger partial charge in [0.1, 0.15) is 5.82 Å². The minimum atomic E-state index is 0.167. The summed E-state index contributed by atoms with van der Waals surface area (Å²) in [6.45, 7) is 0.590. The Balaban J connectivity index is 1.73. The quantitative estimate of drug-likeness (QED) is 0.868. The second-order valence-corrected chi connectivity index (χ2v) is 5.88. The van der Waals surface area contributed by atoms with Crippen LogP contribution in [0, 0.1) is 5.92 Å². The Morgan fingerprint density at radius 3 is 2.85 bits per heavy atom. The van der Waals surface area contributed by atoms with Crippen LogP contribution in [0.3, 0.4) is 0 Å². The van der Waals surface area contributed by atoms with Crippen LogP contribution in [-0.2, 0) is 11.3 Å². The molecule has 0 aromatic carbocycles. The van der Waals surface area contributed by atoms with Crippen molar-refractivity contribution < 1.29 is 4.79 Å². The molecule has 0 atom stereocenters. The van der Waals surface area contributed by atoms with Gasteiger partial charge in [-0.15, -0.1) is 0 Å². The third kappa shape index (κ3) is 4.51. The summed E-state index contributed by atoms with van der Waals surface area (Å²) in [4.78, 5) is 18.1. The molecule has 0 aliphatic heterocycles. The lowest BCUT2D eigenvalue weighted by molar-refractivity contribution is -0.121. The fourth-order valence-electron chi connectivity index (χ4n) is 2.74. The Bertz CT molecular complexity index is 439. The molecule has 110 valence electrons. The third-order valence-electron chi connectivity index (χ3n) is 4.01. The van der Waals surface area contributed by atoms with Crippen LogP contribution in [0.1, 0.15) is 44.1 Å². The molecule has 2 rings (SSSR count). The Labute approximate surface area is 121 Å². The molecule has 0 radical (unpaired) electrons. The lowest BCUT2D eigenvalue weighted by Gasteiger charge is -2.13. The number of anilines is 1. The summed E-state index contributed by atoms with van der Waals surface area (Å²) in [6, 6.07) is 3.96.